The van der Waals surface area contributed by atoms with Crippen LogP contribution < -0.4 is 11.2 Å². The Bertz CT molecular complexity index is 499. The lowest BCUT2D eigenvalue weighted by atomic mass is 10.2. The summed E-state index contributed by atoms with van der Waals surface area (Å²) in [6.45, 7) is 4.38. The molecule has 0 spiro atoms. The lowest BCUT2D eigenvalue weighted by Crippen LogP contribution is -2.39. The molecule has 0 aliphatic carbocycles. The van der Waals surface area contributed by atoms with Crippen molar-refractivity contribution in [2.45, 2.75) is 46.2 Å². The maximum Gasteiger partial charge on any atom is 0.330 e. The first kappa shape index (κ1) is 13.4. The van der Waals surface area contributed by atoms with E-state index in [2.05, 4.69) is 0 Å². The maximum absolute atomic E-state index is 11.9. The van der Waals surface area contributed by atoms with Gasteiger partial charge in [-0.2, -0.15) is 0 Å². The molecule has 0 bridgehead atoms. The molecule has 17 heavy (non-hydrogen) atoms. The van der Waals surface area contributed by atoms with E-state index in [1.54, 1.807) is 0 Å². The zero-order valence-electron chi connectivity index (χ0n) is 10.3. The Labute approximate surface area is 99.7 Å². The van der Waals surface area contributed by atoms with Gasteiger partial charge in [0, 0.05) is 31.8 Å². The molecule has 0 amide bonds. The summed E-state index contributed by atoms with van der Waals surface area (Å²) < 4.78 is 2.72. The van der Waals surface area contributed by atoms with E-state index in [1.807, 2.05) is 6.92 Å². The van der Waals surface area contributed by atoms with Crippen molar-refractivity contribution in [3.05, 3.63) is 33.1 Å². The van der Waals surface area contributed by atoms with Crippen LogP contribution in [0.25, 0.3) is 0 Å². The molecular weight excluding hydrogens is 220 g/mol. The van der Waals surface area contributed by atoms with Crippen molar-refractivity contribution >= 4 is 5.78 Å². The van der Waals surface area contributed by atoms with E-state index in [9.17, 15) is 14.4 Å². The monoisotopic (exact) mass is 238 g/mol. The average molecular weight is 238 g/mol. The number of rotatable bonds is 6. The predicted octanol–water partition coefficient (Wildman–Crippen LogP) is 0.789. The number of Topliss-reactive ketones (excluding diaryl/α,β-unsaturated/α-hetero) is 1. The zero-order valence-corrected chi connectivity index (χ0v) is 10.3. The van der Waals surface area contributed by atoms with Gasteiger partial charge in [0.25, 0.3) is 5.56 Å². The van der Waals surface area contributed by atoms with E-state index < -0.39 is 0 Å². The molecule has 0 unspecified atom stereocenters. The molecule has 1 aromatic heterocycles. The minimum atomic E-state index is -0.300. The molecule has 0 saturated carbocycles. The molecule has 0 aliphatic rings. The summed E-state index contributed by atoms with van der Waals surface area (Å²) in [7, 11) is 0. The van der Waals surface area contributed by atoms with Gasteiger partial charge in [-0.25, -0.2) is 4.79 Å². The van der Waals surface area contributed by atoms with E-state index in [0.717, 1.165) is 6.42 Å². The van der Waals surface area contributed by atoms with Gasteiger partial charge in [0.05, 0.1) is 0 Å². The van der Waals surface area contributed by atoms with Gasteiger partial charge in [-0.05, 0) is 19.8 Å². The summed E-state index contributed by atoms with van der Waals surface area (Å²) in [5.41, 5.74) is -0.589. The van der Waals surface area contributed by atoms with Crippen LogP contribution in [0.1, 0.15) is 33.1 Å². The Morgan fingerprint density at radius 3 is 2.59 bits per heavy atom. The first-order valence-corrected chi connectivity index (χ1v) is 5.86. The highest BCUT2D eigenvalue weighted by Crippen LogP contribution is 1.92. The van der Waals surface area contributed by atoms with Crippen LogP contribution in [0.2, 0.25) is 0 Å². The van der Waals surface area contributed by atoms with Crippen molar-refractivity contribution < 1.29 is 4.79 Å². The van der Waals surface area contributed by atoms with E-state index >= 15 is 0 Å². The van der Waals surface area contributed by atoms with Crippen LogP contribution in [-0.4, -0.2) is 14.9 Å². The van der Waals surface area contributed by atoms with Gasteiger partial charge in [0.15, 0.2) is 0 Å². The van der Waals surface area contributed by atoms with Crippen molar-refractivity contribution in [3.8, 4) is 0 Å². The van der Waals surface area contributed by atoms with Crippen LogP contribution in [0.4, 0.5) is 0 Å². The van der Waals surface area contributed by atoms with Crippen LogP contribution in [0.3, 0.4) is 0 Å². The van der Waals surface area contributed by atoms with Gasteiger partial charge in [-0.15, -0.1) is 0 Å². The van der Waals surface area contributed by atoms with Crippen LogP contribution >= 0.6 is 0 Å². The SMILES string of the molecule is CCCn1ccc(=O)n(CCCC(C)=O)c1=O. The summed E-state index contributed by atoms with van der Waals surface area (Å²) >= 11 is 0. The number of aromatic nitrogens is 2. The van der Waals surface area contributed by atoms with Crippen molar-refractivity contribution in [1.29, 1.82) is 0 Å². The maximum atomic E-state index is 11.9. The van der Waals surface area contributed by atoms with E-state index in [-0.39, 0.29) is 17.0 Å². The molecule has 94 valence electrons. The van der Waals surface area contributed by atoms with Crippen molar-refractivity contribution in [2.75, 3.05) is 0 Å². The van der Waals surface area contributed by atoms with E-state index in [4.69, 9.17) is 0 Å². The number of ketones is 1. The molecule has 1 aromatic rings. The molecule has 1 heterocycles. The molecule has 0 saturated heterocycles. The first-order chi connectivity index (χ1) is 8.06. The Morgan fingerprint density at radius 1 is 1.29 bits per heavy atom. The van der Waals surface area contributed by atoms with Crippen LogP contribution in [0, 0.1) is 0 Å². The summed E-state index contributed by atoms with van der Waals surface area (Å²) in [4.78, 5) is 34.2. The van der Waals surface area contributed by atoms with Crippen LogP contribution in [0.15, 0.2) is 21.9 Å². The minimum absolute atomic E-state index is 0.0721. The predicted molar refractivity (Wildman–Crippen MR) is 65.2 cm³/mol. The van der Waals surface area contributed by atoms with Crippen LogP contribution in [0.5, 0.6) is 0 Å². The quantitative estimate of drug-likeness (QED) is 0.736. The fraction of sp³-hybridized carbons (Fsp3) is 0.583. The minimum Gasteiger partial charge on any atom is -0.300 e. The molecule has 5 heteroatoms. The molecular formula is C12H18N2O3. The van der Waals surface area contributed by atoms with Gasteiger partial charge in [0.1, 0.15) is 5.78 Å². The second-order valence-corrected chi connectivity index (χ2v) is 4.09. The standard InChI is InChI=1S/C12H18N2O3/c1-3-7-13-9-6-11(16)14(12(13)17)8-4-5-10(2)15/h6,9H,3-5,7-8H2,1-2H3. The van der Waals surface area contributed by atoms with Crippen molar-refractivity contribution in [1.82, 2.24) is 9.13 Å². The number of carbonyl (C=O) groups excluding carboxylic acids is 1. The van der Waals surface area contributed by atoms with Crippen molar-refractivity contribution in [2.24, 2.45) is 0 Å². The first-order valence-electron chi connectivity index (χ1n) is 5.86. The lowest BCUT2D eigenvalue weighted by molar-refractivity contribution is -0.117. The molecule has 0 atom stereocenters. The van der Waals surface area contributed by atoms with E-state index in [0.29, 0.717) is 25.9 Å². The molecule has 0 N–H and O–H groups in total. The highest BCUT2D eigenvalue weighted by atomic mass is 16.2. The van der Waals surface area contributed by atoms with Gasteiger partial charge in [-0.3, -0.25) is 9.36 Å². The molecule has 0 fully saturated rings. The third-order valence-corrected chi connectivity index (χ3v) is 2.51. The molecule has 1 rings (SSSR count). The summed E-state index contributed by atoms with van der Waals surface area (Å²) in [5, 5.41) is 0. The Morgan fingerprint density at radius 2 is 2.00 bits per heavy atom. The van der Waals surface area contributed by atoms with E-state index in [1.165, 1.54) is 28.3 Å². The molecule has 0 aromatic carbocycles. The Hall–Kier alpha value is -1.65. The third-order valence-electron chi connectivity index (χ3n) is 2.51. The summed E-state index contributed by atoms with van der Waals surface area (Å²) in [5.74, 6) is 0.0721. The average Bonchev–Trinajstić information content (AvgIpc) is 2.27. The van der Waals surface area contributed by atoms with Crippen LogP contribution in [-0.2, 0) is 17.9 Å². The van der Waals surface area contributed by atoms with Crippen molar-refractivity contribution in [3.63, 3.8) is 0 Å². The third kappa shape index (κ3) is 3.69. The topological polar surface area (TPSA) is 61.1 Å². The number of nitrogens with zero attached hydrogens (tertiary/aromatic N) is 2. The second-order valence-electron chi connectivity index (χ2n) is 4.09. The highest BCUT2D eigenvalue weighted by Gasteiger charge is 2.04. The molecule has 5 nitrogen and oxygen atoms in total. The fourth-order valence-corrected chi connectivity index (χ4v) is 1.66. The van der Waals surface area contributed by atoms with Gasteiger partial charge in [0.2, 0.25) is 0 Å². The highest BCUT2D eigenvalue weighted by molar-refractivity contribution is 5.75. The van der Waals surface area contributed by atoms with Gasteiger partial charge >= 0.3 is 5.69 Å². The smallest absolute Gasteiger partial charge is 0.300 e. The summed E-state index contributed by atoms with van der Waals surface area (Å²) in [6, 6.07) is 1.39. The number of hydrogen-bond acceptors (Lipinski definition) is 3. The molecule has 0 radical (unpaired) electrons. The summed E-state index contributed by atoms with van der Waals surface area (Å²) in [6.07, 6.45) is 3.29. The Balaban J connectivity index is 2.90. The normalized spacial score (nSPS) is 10.5. The van der Waals surface area contributed by atoms with Gasteiger partial charge in [-0.1, -0.05) is 6.92 Å². The lowest BCUT2D eigenvalue weighted by Gasteiger charge is -2.08. The second kappa shape index (κ2) is 6.18. The fourth-order valence-electron chi connectivity index (χ4n) is 1.66. The largest absolute Gasteiger partial charge is 0.330 e. The number of hydrogen-bond donors (Lipinski definition) is 0. The number of aryl methyl sites for hydroxylation is 1. The Kier molecular flexibility index (Phi) is 4.87. The number of carbonyl (C=O) groups is 1. The zero-order chi connectivity index (χ0) is 12.8. The van der Waals surface area contributed by atoms with Gasteiger partial charge < -0.3 is 9.36 Å². The molecule has 0 aliphatic heterocycles.